The van der Waals surface area contributed by atoms with E-state index in [2.05, 4.69) is 10.1 Å². The highest BCUT2D eigenvalue weighted by Crippen LogP contribution is 2.36. The molecular formula is C16H22N2O7. The van der Waals surface area contributed by atoms with Crippen LogP contribution in [0.3, 0.4) is 0 Å². The second kappa shape index (κ2) is 8.63. The van der Waals surface area contributed by atoms with Crippen molar-refractivity contribution in [2.24, 2.45) is 0 Å². The second-order valence-corrected chi connectivity index (χ2v) is 5.47. The molecule has 1 heterocycles. The number of nitrogens with zero attached hydrogens (tertiary/aromatic N) is 1. The van der Waals surface area contributed by atoms with Crippen molar-refractivity contribution >= 4 is 11.7 Å². The third-order valence-corrected chi connectivity index (χ3v) is 3.96. The van der Waals surface area contributed by atoms with E-state index in [0.717, 1.165) is 13.7 Å². The van der Waals surface area contributed by atoms with Crippen molar-refractivity contribution in [3.8, 4) is 11.5 Å². The molecule has 0 aromatic heterocycles. The standard InChI is InChI=1S/C16H22N2O7/c1-4-13(11-9-24-6-5-17-11)25-15-7-10(16(19)23-3)12(18(20)21)8-14(15)22-2/h7-8,11,13,17H,4-6,9H2,1-3H3. The highest BCUT2D eigenvalue weighted by molar-refractivity contribution is 5.95. The summed E-state index contributed by atoms with van der Waals surface area (Å²) in [6.07, 6.45) is 0.426. The maximum atomic E-state index is 11.9. The lowest BCUT2D eigenvalue weighted by Gasteiger charge is -2.31. The minimum absolute atomic E-state index is 0.0276. The Morgan fingerprint density at radius 3 is 2.72 bits per heavy atom. The lowest BCUT2D eigenvalue weighted by molar-refractivity contribution is -0.385. The van der Waals surface area contributed by atoms with E-state index in [1.54, 1.807) is 0 Å². The van der Waals surface area contributed by atoms with Crippen molar-refractivity contribution in [2.75, 3.05) is 34.0 Å². The van der Waals surface area contributed by atoms with E-state index < -0.39 is 16.6 Å². The van der Waals surface area contributed by atoms with E-state index >= 15 is 0 Å². The van der Waals surface area contributed by atoms with Crippen LogP contribution in [0.25, 0.3) is 0 Å². The number of hydrogen-bond donors (Lipinski definition) is 1. The Morgan fingerprint density at radius 2 is 2.20 bits per heavy atom. The number of morpholine rings is 1. The number of esters is 1. The average Bonchev–Trinajstić information content (AvgIpc) is 2.65. The van der Waals surface area contributed by atoms with Gasteiger partial charge < -0.3 is 24.3 Å². The Kier molecular flexibility index (Phi) is 6.54. The van der Waals surface area contributed by atoms with Gasteiger partial charge in [0.05, 0.1) is 44.5 Å². The monoisotopic (exact) mass is 354 g/mol. The number of nitrogens with one attached hydrogen (secondary N) is 1. The molecule has 0 radical (unpaired) electrons. The lowest BCUT2D eigenvalue weighted by Crippen LogP contribution is -2.50. The van der Waals surface area contributed by atoms with Crippen LogP contribution in [0.2, 0.25) is 0 Å². The molecule has 138 valence electrons. The molecule has 1 N–H and O–H groups in total. The molecule has 25 heavy (non-hydrogen) atoms. The fourth-order valence-electron chi connectivity index (χ4n) is 2.66. The van der Waals surface area contributed by atoms with Gasteiger partial charge in [-0.2, -0.15) is 0 Å². The topological polar surface area (TPSA) is 109 Å². The quantitative estimate of drug-likeness (QED) is 0.446. The maximum absolute atomic E-state index is 11.9. The Hall–Kier alpha value is -2.39. The predicted molar refractivity (Wildman–Crippen MR) is 88.3 cm³/mol. The summed E-state index contributed by atoms with van der Waals surface area (Å²) in [6.45, 7) is 3.81. The molecule has 1 aliphatic heterocycles. The predicted octanol–water partition coefficient (Wildman–Crippen LogP) is 1.54. The van der Waals surface area contributed by atoms with Crippen LogP contribution in [-0.2, 0) is 9.47 Å². The molecule has 1 aromatic rings. The van der Waals surface area contributed by atoms with Gasteiger partial charge in [0.25, 0.3) is 5.69 Å². The smallest absolute Gasteiger partial charge is 0.345 e. The Balaban J connectivity index is 2.37. The summed E-state index contributed by atoms with van der Waals surface area (Å²) in [4.78, 5) is 22.5. The number of nitro groups is 1. The molecule has 0 spiro atoms. The largest absolute Gasteiger partial charge is 0.493 e. The fraction of sp³-hybridized carbons (Fsp3) is 0.562. The minimum atomic E-state index is -0.814. The van der Waals surface area contributed by atoms with Crippen molar-refractivity contribution in [1.82, 2.24) is 5.32 Å². The van der Waals surface area contributed by atoms with Gasteiger partial charge in [0.1, 0.15) is 11.7 Å². The highest BCUT2D eigenvalue weighted by Gasteiger charge is 2.29. The second-order valence-electron chi connectivity index (χ2n) is 5.47. The summed E-state index contributed by atoms with van der Waals surface area (Å²) >= 11 is 0. The van der Waals surface area contributed by atoms with Crippen molar-refractivity contribution in [3.63, 3.8) is 0 Å². The number of ether oxygens (including phenoxy) is 4. The number of hydrogen-bond acceptors (Lipinski definition) is 8. The molecule has 1 fully saturated rings. The first kappa shape index (κ1) is 18.9. The molecule has 0 saturated carbocycles. The Labute approximate surface area is 145 Å². The molecule has 9 heteroatoms. The van der Waals surface area contributed by atoms with Gasteiger partial charge in [-0.25, -0.2) is 4.79 Å². The molecule has 0 bridgehead atoms. The zero-order valence-corrected chi connectivity index (χ0v) is 14.4. The first-order valence-electron chi connectivity index (χ1n) is 7.94. The number of nitro benzene ring substituents is 1. The van der Waals surface area contributed by atoms with Gasteiger partial charge in [0.2, 0.25) is 0 Å². The van der Waals surface area contributed by atoms with Crippen molar-refractivity contribution in [1.29, 1.82) is 0 Å². The molecule has 1 saturated heterocycles. The first-order valence-corrected chi connectivity index (χ1v) is 7.94. The van der Waals surface area contributed by atoms with Gasteiger partial charge in [-0.05, 0) is 6.42 Å². The maximum Gasteiger partial charge on any atom is 0.345 e. The van der Waals surface area contributed by atoms with Gasteiger partial charge in [0, 0.05) is 12.6 Å². The fourth-order valence-corrected chi connectivity index (χ4v) is 2.66. The molecule has 2 rings (SSSR count). The van der Waals surface area contributed by atoms with E-state index in [1.165, 1.54) is 19.2 Å². The molecule has 1 aromatic carbocycles. The molecule has 1 aliphatic rings. The normalized spacial score (nSPS) is 18.3. The number of rotatable bonds is 7. The van der Waals surface area contributed by atoms with Crippen LogP contribution in [0, 0.1) is 10.1 Å². The summed E-state index contributed by atoms with van der Waals surface area (Å²) in [5.74, 6) is -0.395. The molecule has 2 atom stereocenters. The van der Waals surface area contributed by atoms with E-state index in [0.29, 0.717) is 19.6 Å². The Bertz CT molecular complexity index is 629. The van der Waals surface area contributed by atoms with E-state index in [9.17, 15) is 14.9 Å². The summed E-state index contributed by atoms with van der Waals surface area (Å²) in [5.41, 5.74) is -0.589. The highest BCUT2D eigenvalue weighted by atomic mass is 16.6. The molecule has 0 amide bonds. The van der Waals surface area contributed by atoms with E-state index in [4.69, 9.17) is 14.2 Å². The summed E-state index contributed by atoms with van der Waals surface area (Å²) in [6, 6.07) is 2.43. The average molecular weight is 354 g/mol. The van der Waals surface area contributed by atoms with Gasteiger partial charge >= 0.3 is 5.97 Å². The number of benzene rings is 1. The zero-order valence-electron chi connectivity index (χ0n) is 14.4. The number of methoxy groups -OCH3 is 2. The summed E-state index contributed by atoms with van der Waals surface area (Å²) in [5, 5.41) is 14.5. The minimum Gasteiger partial charge on any atom is -0.493 e. The molecule has 0 aliphatic carbocycles. The molecule has 2 unspecified atom stereocenters. The van der Waals surface area contributed by atoms with E-state index in [-0.39, 0.29) is 29.2 Å². The number of carbonyl (C=O) groups excluding carboxylic acids is 1. The van der Waals surface area contributed by atoms with E-state index in [1.807, 2.05) is 6.92 Å². The first-order chi connectivity index (χ1) is 12.0. The Morgan fingerprint density at radius 1 is 1.44 bits per heavy atom. The van der Waals surface area contributed by atoms with Gasteiger partial charge in [0.15, 0.2) is 11.5 Å². The van der Waals surface area contributed by atoms with Crippen molar-refractivity contribution in [2.45, 2.75) is 25.5 Å². The van der Waals surface area contributed by atoms with Crippen LogP contribution in [0.5, 0.6) is 11.5 Å². The third kappa shape index (κ3) is 4.37. The van der Waals surface area contributed by atoms with Gasteiger partial charge in [-0.15, -0.1) is 0 Å². The van der Waals surface area contributed by atoms with Crippen LogP contribution in [0.4, 0.5) is 5.69 Å². The van der Waals surface area contributed by atoms with Crippen molar-refractivity contribution < 1.29 is 28.7 Å². The summed E-state index contributed by atoms with van der Waals surface area (Å²) in [7, 11) is 2.54. The van der Waals surface area contributed by atoms with Gasteiger partial charge in [-0.1, -0.05) is 6.92 Å². The third-order valence-electron chi connectivity index (χ3n) is 3.96. The zero-order chi connectivity index (χ0) is 18.4. The van der Waals surface area contributed by atoms with Crippen molar-refractivity contribution in [3.05, 3.63) is 27.8 Å². The number of carbonyl (C=O) groups is 1. The molecule has 9 nitrogen and oxygen atoms in total. The van der Waals surface area contributed by atoms with Crippen LogP contribution in [0.15, 0.2) is 12.1 Å². The van der Waals surface area contributed by atoms with Crippen LogP contribution in [-0.4, -0.2) is 57.0 Å². The summed E-state index contributed by atoms with van der Waals surface area (Å²) < 4.78 is 21.3. The SMILES string of the molecule is CCC(Oc1cc(C(=O)OC)c([N+](=O)[O-])cc1OC)C1COCCN1. The van der Waals surface area contributed by atoms with Gasteiger partial charge in [-0.3, -0.25) is 10.1 Å². The molecular weight excluding hydrogens is 332 g/mol. The lowest BCUT2D eigenvalue weighted by atomic mass is 10.1. The van der Waals surface area contributed by atoms with Crippen LogP contribution < -0.4 is 14.8 Å². The van der Waals surface area contributed by atoms with Crippen LogP contribution in [0.1, 0.15) is 23.7 Å². The van der Waals surface area contributed by atoms with Crippen LogP contribution >= 0.6 is 0 Å².